The molecule has 100 valence electrons. The van der Waals surface area contributed by atoms with E-state index in [9.17, 15) is 4.79 Å². The quantitative estimate of drug-likeness (QED) is 0.705. The number of hydrogen-bond acceptors (Lipinski definition) is 4. The molecule has 4 nitrogen and oxygen atoms in total. The molecule has 0 radical (unpaired) electrons. The number of aryl methyl sites for hydroxylation is 1. The Labute approximate surface area is 108 Å². The van der Waals surface area contributed by atoms with Crippen molar-refractivity contribution in [1.29, 1.82) is 0 Å². The molecular weight excluding hydrogens is 230 g/mol. The summed E-state index contributed by atoms with van der Waals surface area (Å²) in [6, 6.07) is 7.09. The van der Waals surface area contributed by atoms with Gasteiger partial charge in [0.15, 0.2) is 5.78 Å². The smallest absolute Gasteiger partial charge is 0.179 e. The van der Waals surface area contributed by atoms with E-state index in [4.69, 9.17) is 10.2 Å². The van der Waals surface area contributed by atoms with Crippen molar-refractivity contribution < 1.29 is 15.0 Å². The van der Waals surface area contributed by atoms with E-state index in [1.54, 1.807) is 11.8 Å². The minimum Gasteiger partial charge on any atom is -0.395 e. The van der Waals surface area contributed by atoms with Gasteiger partial charge in [-0.05, 0) is 13.8 Å². The molecule has 0 spiro atoms. The van der Waals surface area contributed by atoms with Crippen molar-refractivity contribution in [2.75, 3.05) is 26.3 Å². The lowest BCUT2D eigenvalue weighted by Crippen LogP contribution is -2.42. The van der Waals surface area contributed by atoms with Crippen LogP contribution >= 0.6 is 0 Å². The number of benzene rings is 1. The zero-order valence-corrected chi connectivity index (χ0v) is 11.0. The third kappa shape index (κ3) is 3.91. The van der Waals surface area contributed by atoms with Crippen molar-refractivity contribution in [2.24, 2.45) is 0 Å². The SMILES string of the molecule is Cc1ccc(C(=O)C(C)N(CCO)CCO)cc1. The summed E-state index contributed by atoms with van der Waals surface area (Å²) in [5, 5.41) is 17.9. The zero-order valence-electron chi connectivity index (χ0n) is 11.0. The molecule has 0 aromatic heterocycles. The third-order valence-electron chi connectivity index (χ3n) is 3.04. The minimum absolute atomic E-state index is 0.0110. The molecule has 1 rings (SSSR count). The van der Waals surface area contributed by atoms with Gasteiger partial charge in [-0.25, -0.2) is 0 Å². The number of aliphatic hydroxyl groups excluding tert-OH is 2. The summed E-state index contributed by atoms with van der Waals surface area (Å²) >= 11 is 0. The van der Waals surface area contributed by atoms with Crippen LogP contribution in [0.4, 0.5) is 0 Å². The maximum Gasteiger partial charge on any atom is 0.179 e. The van der Waals surface area contributed by atoms with Crippen LogP contribution in [0.2, 0.25) is 0 Å². The summed E-state index contributed by atoms with van der Waals surface area (Å²) in [5.74, 6) is 0.0110. The van der Waals surface area contributed by atoms with Gasteiger partial charge in [-0.1, -0.05) is 29.8 Å². The maximum atomic E-state index is 12.2. The van der Waals surface area contributed by atoms with Crippen LogP contribution in [0.25, 0.3) is 0 Å². The van der Waals surface area contributed by atoms with Crippen LogP contribution in [0.15, 0.2) is 24.3 Å². The average Bonchev–Trinajstić information content (AvgIpc) is 2.38. The van der Waals surface area contributed by atoms with Crippen LogP contribution in [0.3, 0.4) is 0 Å². The minimum atomic E-state index is -0.341. The largest absolute Gasteiger partial charge is 0.395 e. The Morgan fingerprint density at radius 2 is 1.67 bits per heavy atom. The highest BCUT2D eigenvalue weighted by molar-refractivity contribution is 5.99. The molecule has 0 amide bonds. The van der Waals surface area contributed by atoms with Crippen LogP contribution in [-0.2, 0) is 0 Å². The summed E-state index contributed by atoms with van der Waals surface area (Å²) in [5.41, 5.74) is 1.77. The van der Waals surface area contributed by atoms with Gasteiger partial charge in [0.1, 0.15) is 0 Å². The van der Waals surface area contributed by atoms with Gasteiger partial charge in [-0.3, -0.25) is 9.69 Å². The fourth-order valence-electron chi connectivity index (χ4n) is 1.88. The second-order valence-corrected chi connectivity index (χ2v) is 4.39. The highest BCUT2D eigenvalue weighted by Crippen LogP contribution is 2.10. The molecule has 0 bridgehead atoms. The van der Waals surface area contributed by atoms with Crippen LogP contribution in [0.5, 0.6) is 0 Å². The third-order valence-corrected chi connectivity index (χ3v) is 3.04. The van der Waals surface area contributed by atoms with E-state index in [0.29, 0.717) is 18.7 Å². The molecule has 1 aromatic carbocycles. The van der Waals surface area contributed by atoms with Crippen molar-refractivity contribution in [1.82, 2.24) is 4.90 Å². The fraction of sp³-hybridized carbons (Fsp3) is 0.500. The first kappa shape index (κ1) is 14.8. The second kappa shape index (κ2) is 7.26. The molecule has 1 unspecified atom stereocenters. The van der Waals surface area contributed by atoms with Crippen molar-refractivity contribution in [3.8, 4) is 0 Å². The number of rotatable bonds is 7. The van der Waals surface area contributed by atoms with E-state index < -0.39 is 0 Å². The lowest BCUT2D eigenvalue weighted by atomic mass is 10.0. The van der Waals surface area contributed by atoms with E-state index in [1.165, 1.54) is 0 Å². The average molecular weight is 251 g/mol. The van der Waals surface area contributed by atoms with Crippen LogP contribution < -0.4 is 0 Å². The molecule has 0 fully saturated rings. The summed E-state index contributed by atoms with van der Waals surface area (Å²) in [4.78, 5) is 14.0. The van der Waals surface area contributed by atoms with Crippen LogP contribution in [0.1, 0.15) is 22.8 Å². The number of Topliss-reactive ketones (excluding diaryl/α,β-unsaturated/α-hetero) is 1. The molecular formula is C14H21NO3. The van der Waals surface area contributed by atoms with Gasteiger partial charge >= 0.3 is 0 Å². The topological polar surface area (TPSA) is 60.8 Å². The summed E-state index contributed by atoms with van der Waals surface area (Å²) < 4.78 is 0. The molecule has 18 heavy (non-hydrogen) atoms. The van der Waals surface area contributed by atoms with Gasteiger partial charge in [0.2, 0.25) is 0 Å². The van der Waals surface area contributed by atoms with Crippen molar-refractivity contribution in [3.63, 3.8) is 0 Å². The van der Waals surface area contributed by atoms with E-state index in [2.05, 4.69) is 0 Å². The standard InChI is InChI=1S/C14H21NO3/c1-11-3-5-13(6-4-11)14(18)12(2)15(7-9-16)8-10-17/h3-6,12,16-17H,7-10H2,1-2H3. The Hall–Kier alpha value is -1.23. The number of ketones is 1. The van der Waals surface area contributed by atoms with Gasteiger partial charge in [0.25, 0.3) is 0 Å². The van der Waals surface area contributed by atoms with E-state index >= 15 is 0 Å². The first-order valence-corrected chi connectivity index (χ1v) is 6.16. The summed E-state index contributed by atoms with van der Waals surface area (Å²) in [6.45, 7) is 4.50. The van der Waals surface area contributed by atoms with Gasteiger partial charge in [0.05, 0.1) is 19.3 Å². The first-order valence-electron chi connectivity index (χ1n) is 6.16. The molecule has 0 heterocycles. The Morgan fingerprint density at radius 3 is 2.11 bits per heavy atom. The van der Waals surface area contributed by atoms with Crippen molar-refractivity contribution in [2.45, 2.75) is 19.9 Å². The predicted octanol–water partition coefficient (Wildman–Crippen LogP) is 0.853. The first-order chi connectivity index (χ1) is 8.60. The number of nitrogens with zero attached hydrogens (tertiary/aromatic N) is 1. The lowest BCUT2D eigenvalue weighted by Gasteiger charge is -2.26. The Morgan fingerprint density at radius 1 is 1.17 bits per heavy atom. The maximum absolute atomic E-state index is 12.2. The monoisotopic (exact) mass is 251 g/mol. The molecule has 0 aliphatic heterocycles. The van der Waals surface area contributed by atoms with Crippen molar-refractivity contribution in [3.05, 3.63) is 35.4 Å². The fourth-order valence-corrected chi connectivity index (χ4v) is 1.88. The lowest BCUT2D eigenvalue weighted by molar-refractivity contribution is 0.0769. The zero-order chi connectivity index (χ0) is 13.5. The number of carbonyl (C=O) groups is 1. The Balaban J connectivity index is 2.77. The van der Waals surface area contributed by atoms with Crippen LogP contribution in [0, 0.1) is 6.92 Å². The molecule has 4 heteroatoms. The normalized spacial score (nSPS) is 12.7. The van der Waals surface area contributed by atoms with Crippen molar-refractivity contribution >= 4 is 5.78 Å². The number of aliphatic hydroxyl groups is 2. The molecule has 0 aliphatic rings. The molecule has 1 atom stereocenters. The number of carbonyl (C=O) groups excluding carboxylic acids is 1. The molecule has 1 aromatic rings. The Kier molecular flexibility index (Phi) is 5.98. The number of hydrogen-bond donors (Lipinski definition) is 2. The Bertz CT molecular complexity index is 369. The molecule has 0 saturated heterocycles. The predicted molar refractivity (Wildman–Crippen MR) is 70.7 cm³/mol. The molecule has 0 saturated carbocycles. The summed E-state index contributed by atoms with van der Waals surface area (Å²) in [6.07, 6.45) is 0. The highest BCUT2D eigenvalue weighted by atomic mass is 16.3. The van der Waals surface area contributed by atoms with E-state index in [0.717, 1.165) is 5.56 Å². The van der Waals surface area contributed by atoms with Gasteiger partial charge in [0, 0.05) is 18.7 Å². The molecule has 0 aliphatic carbocycles. The second-order valence-electron chi connectivity index (χ2n) is 4.39. The van der Waals surface area contributed by atoms with Gasteiger partial charge in [-0.15, -0.1) is 0 Å². The molecule has 2 N–H and O–H groups in total. The van der Waals surface area contributed by atoms with Gasteiger partial charge < -0.3 is 10.2 Å². The summed E-state index contributed by atoms with van der Waals surface area (Å²) in [7, 11) is 0. The van der Waals surface area contributed by atoms with E-state index in [-0.39, 0.29) is 25.0 Å². The highest BCUT2D eigenvalue weighted by Gasteiger charge is 2.21. The van der Waals surface area contributed by atoms with Crippen LogP contribution in [-0.4, -0.2) is 53.2 Å². The van der Waals surface area contributed by atoms with E-state index in [1.807, 2.05) is 31.2 Å². The van der Waals surface area contributed by atoms with Gasteiger partial charge in [-0.2, -0.15) is 0 Å².